The van der Waals surface area contributed by atoms with E-state index in [0.29, 0.717) is 24.9 Å². The second-order valence-corrected chi connectivity index (χ2v) is 8.53. The quantitative estimate of drug-likeness (QED) is 0.757. The summed E-state index contributed by atoms with van der Waals surface area (Å²) in [5.74, 6) is -0.0403. The van der Waals surface area contributed by atoms with Crippen LogP contribution >= 0.6 is 0 Å². The van der Waals surface area contributed by atoms with E-state index in [1.54, 1.807) is 0 Å². The first-order valence-electron chi connectivity index (χ1n) is 8.98. The van der Waals surface area contributed by atoms with E-state index >= 15 is 0 Å². The Morgan fingerprint density at radius 1 is 1.17 bits per heavy atom. The largest absolute Gasteiger partial charge is 0.444 e. The van der Waals surface area contributed by atoms with Crippen molar-refractivity contribution >= 4 is 12.4 Å². The summed E-state index contributed by atoms with van der Waals surface area (Å²) in [5, 5.41) is 2.79. The van der Waals surface area contributed by atoms with Crippen LogP contribution in [-0.2, 0) is 14.3 Å². The van der Waals surface area contributed by atoms with Gasteiger partial charge in [-0.3, -0.25) is 0 Å². The number of nitrogens with one attached hydrogen (secondary N) is 1. The van der Waals surface area contributed by atoms with Gasteiger partial charge in [-0.2, -0.15) is 0 Å². The molecule has 0 aromatic heterocycles. The van der Waals surface area contributed by atoms with E-state index in [-0.39, 0.29) is 19.5 Å². The minimum Gasteiger partial charge on any atom is -0.444 e. The van der Waals surface area contributed by atoms with E-state index in [2.05, 4.69) is 33.0 Å². The van der Waals surface area contributed by atoms with Crippen LogP contribution in [0.3, 0.4) is 0 Å². The van der Waals surface area contributed by atoms with Crippen molar-refractivity contribution in [3.05, 3.63) is 0 Å². The van der Waals surface area contributed by atoms with Crippen molar-refractivity contribution in [2.45, 2.75) is 92.4 Å². The van der Waals surface area contributed by atoms with Crippen molar-refractivity contribution in [3.8, 4) is 0 Å². The highest BCUT2D eigenvalue weighted by Gasteiger charge is 2.36. The Morgan fingerprint density at radius 3 is 2.08 bits per heavy atom. The van der Waals surface area contributed by atoms with Gasteiger partial charge in [-0.15, -0.1) is 0 Å². The Morgan fingerprint density at radius 2 is 1.71 bits per heavy atom. The van der Waals surface area contributed by atoms with E-state index < -0.39 is 11.7 Å². The average molecular weight is 346 g/mol. The van der Waals surface area contributed by atoms with Crippen molar-refractivity contribution in [3.63, 3.8) is 0 Å². The SMILES string of the molecule is CCC(C)(C)C.CCO[C@H]1C[C@@H](C=O)C[C@H]1NC(=O)OC(C)(C)C.[HH]. The first-order valence-corrected chi connectivity index (χ1v) is 8.98. The number of carbonyl (C=O) groups is 2. The first-order chi connectivity index (χ1) is 10.9. The molecule has 1 aliphatic rings. The molecule has 0 heterocycles. The molecule has 0 aliphatic heterocycles. The summed E-state index contributed by atoms with van der Waals surface area (Å²) in [7, 11) is 0. The monoisotopic (exact) mass is 345 g/mol. The van der Waals surface area contributed by atoms with Crippen molar-refractivity contribution in [2.75, 3.05) is 6.61 Å². The number of alkyl carbamates (subject to hydrolysis) is 1. The molecule has 0 saturated heterocycles. The number of aldehydes is 1. The third-order valence-electron chi connectivity index (χ3n) is 3.88. The van der Waals surface area contributed by atoms with Gasteiger partial charge in [-0.25, -0.2) is 4.79 Å². The summed E-state index contributed by atoms with van der Waals surface area (Å²) >= 11 is 0. The van der Waals surface area contributed by atoms with Crippen LogP contribution in [0.4, 0.5) is 4.79 Å². The molecule has 144 valence electrons. The van der Waals surface area contributed by atoms with Gasteiger partial charge in [-0.1, -0.05) is 34.1 Å². The molecule has 1 N–H and O–H groups in total. The standard InChI is InChI=1S/C13H23NO4.C6H14.H2/c1-5-17-11-7-9(8-15)6-10(11)14-12(16)18-13(2,3)4;1-5-6(2,3)4;/h8-11H,5-7H2,1-4H3,(H,14,16);5H2,1-4H3;1H/t9-,10+,11-;;/m0../s1. The third kappa shape index (κ3) is 10.6. The number of hydrogen-bond acceptors (Lipinski definition) is 4. The molecule has 0 aromatic rings. The summed E-state index contributed by atoms with van der Waals surface area (Å²) in [6.07, 6.45) is 2.93. The van der Waals surface area contributed by atoms with Crippen LogP contribution in [0.5, 0.6) is 0 Å². The van der Waals surface area contributed by atoms with Gasteiger partial charge in [0.05, 0.1) is 12.1 Å². The van der Waals surface area contributed by atoms with Crippen LogP contribution in [0.2, 0.25) is 0 Å². The summed E-state index contributed by atoms with van der Waals surface area (Å²) in [6, 6.07) is -0.144. The first kappa shape index (κ1) is 22.9. The second kappa shape index (κ2) is 10.0. The lowest BCUT2D eigenvalue weighted by Gasteiger charge is -2.24. The Kier molecular flexibility index (Phi) is 9.56. The number of amides is 1. The fourth-order valence-corrected chi connectivity index (χ4v) is 2.16. The number of hydrogen-bond donors (Lipinski definition) is 1. The van der Waals surface area contributed by atoms with E-state index in [1.165, 1.54) is 6.42 Å². The van der Waals surface area contributed by atoms with Gasteiger partial charge in [0.1, 0.15) is 11.9 Å². The predicted molar refractivity (Wildman–Crippen MR) is 99.2 cm³/mol. The Labute approximate surface area is 149 Å². The summed E-state index contributed by atoms with van der Waals surface area (Å²) < 4.78 is 10.8. The molecule has 0 bridgehead atoms. The normalized spacial score (nSPS) is 23.9. The van der Waals surface area contributed by atoms with E-state index in [0.717, 1.165) is 6.29 Å². The molecule has 0 aromatic carbocycles. The number of carbonyl (C=O) groups excluding carboxylic acids is 2. The van der Waals surface area contributed by atoms with Gasteiger partial charge in [0, 0.05) is 14.0 Å². The minimum absolute atomic E-state index is 0. The van der Waals surface area contributed by atoms with Gasteiger partial charge in [0.15, 0.2) is 0 Å². The average Bonchev–Trinajstić information content (AvgIpc) is 2.79. The molecule has 0 radical (unpaired) electrons. The Bertz CT molecular complexity index is 388. The van der Waals surface area contributed by atoms with E-state index in [4.69, 9.17) is 9.47 Å². The van der Waals surface area contributed by atoms with E-state index in [1.807, 2.05) is 27.7 Å². The maximum atomic E-state index is 11.7. The Hall–Kier alpha value is -1.10. The fourth-order valence-electron chi connectivity index (χ4n) is 2.16. The predicted octanol–water partition coefficient (Wildman–Crippen LogP) is 4.58. The molecule has 0 spiro atoms. The third-order valence-corrected chi connectivity index (χ3v) is 3.88. The smallest absolute Gasteiger partial charge is 0.407 e. The molecule has 3 atom stereocenters. The van der Waals surface area contributed by atoms with E-state index in [9.17, 15) is 9.59 Å². The molecule has 1 saturated carbocycles. The van der Waals surface area contributed by atoms with Gasteiger partial charge >= 0.3 is 6.09 Å². The van der Waals surface area contributed by atoms with Gasteiger partial charge < -0.3 is 19.6 Å². The zero-order valence-corrected chi connectivity index (χ0v) is 16.8. The molecule has 1 amide bonds. The van der Waals surface area contributed by atoms with Crippen LogP contribution in [0.1, 0.15) is 76.1 Å². The fraction of sp³-hybridized carbons (Fsp3) is 0.895. The van der Waals surface area contributed by atoms with Crippen LogP contribution in [-0.4, -0.2) is 36.7 Å². The molecule has 0 unspecified atom stereocenters. The maximum Gasteiger partial charge on any atom is 0.407 e. The number of rotatable bonds is 4. The molecule has 24 heavy (non-hydrogen) atoms. The van der Waals surface area contributed by atoms with Crippen molar-refractivity contribution in [2.24, 2.45) is 11.3 Å². The Balaban J connectivity index is 0. The molecule has 1 rings (SSSR count). The van der Waals surface area contributed by atoms with Crippen molar-refractivity contribution in [1.82, 2.24) is 5.32 Å². The van der Waals surface area contributed by atoms with Crippen LogP contribution in [0.15, 0.2) is 0 Å². The van der Waals surface area contributed by atoms with Gasteiger partial charge in [0.2, 0.25) is 0 Å². The lowest BCUT2D eigenvalue weighted by atomic mass is 9.94. The highest BCUT2D eigenvalue weighted by atomic mass is 16.6. The molecular weight excluding hydrogens is 306 g/mol. The van der Waals surface area contributed by atoms with Gasteiger partial charge in [0.25, 0.3) is 0 Å². The summed E-state index contributed by atoms with van der Waals surface area (Å²) in [5.41, 5.74) is 0.0217. The minimum atomic E-state index is -0.520. The maximum absolute atomic E-state index is 11.7. The molecule has 5 nitrogen and oxygen atoms in total. The number of ether oxygens (including phenoxy) is 2. The topological polar surface area (TPSA) is 64.6 Å². The highest BCUT2D eigenvalue weighted by molar-refractivity contribution is 5.68. The summed E-state index contributed by atoms with van der Waals surface area (Å²) in [4.78, 5) is 22.5. The van der Waals surface area contributed by atoms with Crippen LogP contribution in [0, 0.1) is 11.3 Å². The molecule has 1 fully saturated rings. The van der Waals surface area contributed by atoms with Crippen molar-refractivity contribution < 1.29 is 20.5 Å². The van der Waals surface area contributed by atoms with Crippen molar-refractivity contribution in [1.29, 1.82) is 0 Å². The zero-order valence-electron chi connectivity index (χ0n) is 16.8. The molecular formula is C19H39NO4. The van der Waals surface area contributed by atoms with Crippen LogP contribution < -0.4 is 5.32 Å². The molecule has 1 aliphatic carbocycles. The van der Waals surface area contributed by atoms with Gasteiger partial charge in [-0.05, 0) is 46.0 Å². The highest BCUT2D eigenvalue weighted by Crippen LogP contribution is 2.27. The summed E-state index contributed by atoms with van der Waals surface area (Å²) in [6.45, 7) is 16.9. The molecule has 5 heteroatoms. The zero-order chi connectivity index (χ0) is 19.0. The van der Waals surface area contributed by atoms with Crippen LogP contribution in [0.25, 0.3) is 0 Å². The lowest BCUT2D eigenvalue weighted by molar-refractivity contribution is -0.111. The lowest BCUT2D eigenvalue weighted by Crippen LogP contribution is -2.43. The second-order valence-electron chi connectivity index (χ2n) is 8.53.